The molecule has 4 aromatic rings. The Morgan fingerprint density at radius 2 is 1.81 bits per heavy atom. The Bertz CT molecular complexity index is 1710. The molecule has 0 aliphatic heterocycles. The number of carbonyl (C=O) groups excluding carboxylic acids is 2. The summed E-state index contributed by atoms with van der Waals surface area (Å²) in [6.07, 6.45) is 6.77. The van der Waals surface area contributed by atoms with E-state index in [0.717, 1.165) is 72.3 Å². The Balaban J connectivity index is 1.41. The summed E-state index contributed by atoms with van der Waals surface area (Å²) in [5, 5.41) is -0.108. The molecular weight excluding hydrogens is 578 g/mol. The third-order valence-electron chi connectivity index (χ3n) is 9.00. The van der Waals surface area contributed by atoms with Gasteiger partial charge in [0.25, 0.3) is 5.91 Å². The first kappa shape index (κ1) is 28.7. The van der Waals surface area contributed by atoms with Crippen LogP contribution in [-0.2, 0) is 6.54 Å². The molecule has 1 unspecified atom stereocenters. The zero-order chi connectivity index (χ0) is 29.8. The van der Waals surface area contributed by atoms with Gasteiger partial charge in [-0.25, -0.2) is 8.78 Å². The minimum Gasteiger partial charge on any atom is -0.496 e. The Morgan fingerprint density at radius 1 is 1.10 bits per heavy atom. The number of nitrogens with zero attached hydrogens (tertiary/aromatic N) is 2. The molecule has 2 aliphatic carbocycles. The molecule has 2 heterocycles. The molecule has 2 aromatic carbocycles. The highest BCUT2D eigenvalue weighted by atomic mass is 35.5. The van der Waals surface area contributed by atoms with E-state index in [1.54, 1.807) is 19.4 Å². The molecule has 2 fully saturated rings. The molecule has 42 heavy (non-hydrogen) atoms. The van der Waals surface area contributed by atoms with Crippen LogP contribution >= 0.6 is 22.9 Å². The van der Waals surface area contributed by atoms with Crippen molar-refractivity contribution in [2.45, 2.75) is 58.5 Å². The molecule has 0 N–H and O–H groups in total. The first-order chi connectivity index (χ1) is 20.1. The summed E-state index contributed by atoms with van der Waals surface area (Å²) in [6, 6.07) is 11.4. The van der Waals surface area contributed by atoms with Crippen molar-refractivity contribution >= 4 is 44.7 Å². The van der Waals surface area contributed by atoms with Crippen LogP contribution in [-0.4, -0.2) is 34.7 Å². The van der Waals surface area contributed by atoms with Crippen LogP contribution in [0.25, 0.3) is 21.2 Å². The minimum atomic E-state index is -0.654. The second-order valence-corrected chi connectivity index (χ2v) is 13.1. The SMILES string of the molecule is COc1ccc(-c2ccnc(C(C)=O)c2)cc1CN(C(=O)c1sc2c(F)ccc(F)c2c1Cl)C1CC12CCC(C)CC2. The van der Waals surface area contributed by atoms with E-state index < -0.39 is 11.6 Å². The first-order valence-electron chi connectivity index (χ1n) is 14.1. The number of hydrogen-bond donors (Lipinski definition) is 0. The van der Waals surface area contributed by atoms with E-state index in [2.05, 4.69) is 11.9 Å². The summed E-state index contributed by atoms with van der Waals surface area (Å²) in [6.45, 7) is 3.97. The van der Waals surface area contributed by atoms with Crippen molar-refractivity contribution in [1.29, 1.82) is 0 Å². The number of fused-ring (bicyclic) bond motifs is 1. The van der Waals surface area contributed by atoms with Gasteiger partial charge in [-0.1, -0.05) is 37.4 Å². The topological polar surface area (TPSA) is 59.5 Å². The maximum absolute atomic E-state index is 14.7. The second-order valence-electron chi connectivity index (χ2n) is 11.7. The molecule has 1 spiro atoms. The third-order valence-corrected chi connectivity index (χ3v) is 10.7. The van der Waals surface area contributed by atoms with Crippen LogP contribution < -0.4 is 4.74 Å². The average molecular weight is 609 g/mol. The van der Waals surface area contributed by atoms with Crippen LogP contribution in [0.3, 0.4) is 0 Å². The van der Waals surface area contributed by atoms with Crippen LogP contribution in [0.4, 0.5) is 8.78 Å². The fourth-order valence-electron chi connectivity index (χ4n) is 6.40. The molecule has 6 rings (SSSR count). The third kappa shape index (κ3) is 5.09. The van der Waals surface area contributed by atoms with Gasteiger partial charge in [-0.05, 0) is 78.1 Å². The maximum atomic E-state index is 14.7. The quantitative estimate of drug-likeness (QED) is 0.197. The van der Waals surface area contributed by atoms with Gasteiger partial charge < -0.3 is 9.64 Å². The fraction of sp³-hybridized carbons (Fsp3) is 0.364. The maximum Gasteiger partial charge on any atom is 0.266 e. The predicted octanol–water partition coefficient (Wildman–Crippen LogP) is 8.72. The number of halogens is 3. The summed E-state index contributed by atoms with van der Waals surface area (Å²) in [5.41, 5.74) is 2.86. The van der Waals surface area contributed by atoms with E-state index in [1.807, 2.05) is 29.2 Å². The zero-order valence-corrected chi connectivity index (χ0v) is 25.2. The molecule has 1 atom stereocenters. The van der Waals surface area contributed by atoms with Gasteiger partial charge in [0.15, 0.2) is 5.78 Å². The number of benzene rings is 2. The van der Waals surface area contributed by atoms with E-state index in [-0.39, 0.29) is 49.7 Å². The number of methoxy groups -OCH3 is 1. The molecule has 2 aromatic heterocycles. The lowest BCUT2D eigenvalue weighted by Crippen LogP contribution is -2.36. The lowest BCUT2D eigenvalue weighted by atomic mass is 9.80. The van der Waals surface area contributed by atoms with Crippen molar-refractivity contribution in [2.75, 3.05) is 7.11 Å². The van der Waals surface area contributed by atoms with Crippen LogP contribution in [0.5, 0.6) is 5.75 Å². The van der Waals surface area contributed by atoms with E-state index in [1.165, 1.54) is 6.92 Å². The number of Topliss-reactive ketones (excluding diaryl/α,β-unsaturated/α-hetero) is 1. The lowest BCUT2D eigenvalue weighted by molar-refractivity contribution is 0.0688. The molecule has 9 heteroatoms. The predicted molar refractivity (Wildman–Crippen MR) is 161 cm³/mol. The number of ether oxygens (including phenoxy) is 1. The van der Waals surface area contributed by atoms with Gasteiger partial charge in [0.2, 0.25) is 0 Å². The van der Waals surface area contributed by atoms with Gasteiger partial charge in [0.05, 0.1) is 22.2 Å². The molecule has 2 saturated carbocycles. The first-order valence-corrected chi connectivity index (χ1v) is 15.3. The monoisotopic (exact) mass is 608 g/mol. The normalized spacial score (nSPS) is 21.5. The highest BCUT2D eigenvalue weighted by molar-refractivity contribution is 7.21. The van der Waals surface area contributed by atoms with Crippen LogP contribution in [0.15, 0.2) is 48.7 Å². The number of carbonyl (C=O) groups is 2. The van der Waals surface area contributed by atoms with Gasteiger partial charge in [-0.3, -0.25) is 14.6 Å². The summed E-state index contributed by atoms with van der Waals surface area (Å²) in [7, 11) is 1.58. The molecule has 0 bridgehead atoms. The number of hydrogen-bond acceptors (Lipinski definition) is 5. The van der Waals surface area contributed by atoms with Crippen LogP contribution in [0, 0.1) is 23.0 Å². The van der Waals surface area contributed by atoms with Crippen molar-refractivity contribution in [3.8, 4) is 16.9 Å². The van der Waals surface area contributed by atoms with Crippen LogP contribution in [0.1, 0.15) is 71.7 Å². The molecule has 0 saturated heterocycles. The van der Waals surface area contributed by atoms with Gasteiger partial charge in [-0.2, -0.15) is 0 Å². The van der Waals surface area contributed by atoms with E-state index in [9.17, 15) is 18.4 Å². The highest BCUT2D eigenvalue weighted by Gasteiger charge is 2.58. The van der Waals surface area contributed by atoms with Crippen molar-refractivity contribution in [3.63, 3.8) is 0 Å². The molecule has 218 valence electrons. The fourth-order valence-corrected chi connectivity index (χ4v) is 7.90. The van der Waals surface area contributed by atoms with Crippen LogP contribution in [0.2, 0.25) is 5.02 Å². The summed E-state index contributed by atoms with van der Waals surface area (Å²) in [4.78, 5) is 32.4. The van der Waals surface area contributed by atoms with Crippen molar-refractivity contribution in [1.82, 2.24) is 9.88 Å². The molecule has 5 nitrogen and oxygen atoms in total. The Morgan fingerprint density at radius 3 is 2.50 bits per heavy atom. The molecule has 2 aliphatic rings. The Hall–Kier alpha value is -3.36. The van der Waals surface area contributed by atoms with Crippen molar-refractivity contribution in [2.24, 2.45) is 11.3 Å². The van der Waals surface area contributed by atoms with Gasteiger partial charge in [-0.15, -0.1) is 11.3 Å². The Labute approximate surface area is 252 Å². The lowest BCUT2D eigenvalue weighted by Gasteiger charge is -2.31. The van der Waals surface area contributed by atoms with Crippen molar-refractivity contribution in [3.05, 3.63) is 81.5 Å². The second kappa shape index (κ2) is 11.0. The number of amides is 1. The molecular formula is C33H31ClF2N2O3S. The average Bonchev–Trinajstić information content (AvgIpc) is 3.57. The van der Waals surface area contributed by atoms with Gasteiger partial charge >= 0.3 is 0 Å². The standard InChI is InChI=1S/C33H31ClF2N2O3S/c1-18-8-11-33(12-9-18)16-27(33)38(32(40)31-29(34)28-23(35)5-6-24(36)30(28)42-31)17-22-14-20(4-7-26(22)41-3)21-10-13-37-25(15-21)19(2)39/h4-7,10,13-15,18,27H,8-9,11-12,16-17H2,1-3H3. The molecule has 0 radical (unpaired) electrons. The van der Waals surface area contributed by atoms with E-state index >= 15 is 0 Å². The molecule has 1 amide bonds. The number of ketones is 1. The minimum absolute atomic E-state index is 0.0212. The van der Waals surface area contributed by atoms with Gasteiger partial charge in [0.1, 0.15) is 28.0 Å². The number of rotatable bonds is 7. The van der Waals surface area contributed by atoms with E-state index in [0.29, 0.717) is 17.4 Å². The number of thiophene rings is 1. The smallest absolute Gasteiger partial charge is 0.266 e. The highest BCUT2D eigenvalue weighted by Crippen LogP contribution is 2.60. The zero-order valence-electron chi connectivity index (χ0n) is 23.7. The van der Waals surface area contributed by atoms with Gasteiger partial charge in [0, 0.05) is 31.3 Å². The summed E-state index contributed by atoms with van der Waals surface area (Å²) in [5.74, 6) is -0.458. The number of aromatic nitrogens is 1. The summed E-state index contributed by atoms with van der Waals surface area (Å²) >= 11 is 7.50. The number of pyridine rings is 1. The van der Waals surface area contributed by atoms with Crippen molar-refractivity contribution < 1.29 is 23.1 Å². The Kier molecular flexibility index (Phi) is 7.56. The summed E-state index contributed by atoms with van der Waals surface area (Å²) < 4.78 is 35.1. The van der Waals surface area contributed by atoms with E-state index in [4.69, 9.17) is 16.3 Å². The largest absolute Gasteiger partial charge is 0.496 e.